The van der Waals surface area contributed by atoms with Crippen molar-refractivity contribution >= 4 is 35.8 Å². The summed E-state index contributed by atoms with van der Waals surface area (Å²) in [6, 6.07) is 0. The number of piperazine rings is 1. The number of nitrogens with two attached hydrogens (primary N) is 1. The van der Waals surface area contributed by atoms with Gasteiger partial charge in [-0.05, 0) is 33.6 Å². The van der Waals surface area contributed by atoms with Crippen molar-refractivity contribution in [3.63, 3.8) is 0 Å². The first kappa shape index (κ1) is 23.4. The topological polar surface area (TPSA) is 94.2 Å². The number of hydrogen-bond acceptors (Lipinski definition) is 4. The zero-order valence-corrected chi connectivity index (χ0v) is 18.8. The van der Waals surface area contributed by atoms with E-state index in [1.54, 1.807) is 0 Å². The van der Waals surface area contributed by atoms with Gasteiger partial charge in [-0.3, -0.25) is 14.7 Å². The molecule has 1 heterocycles. The Balaban J connectivity index is 0.00000338. The molecule has 0 unspecified atom stereocenters. The van der Waals surface area contributed by atoms with Crippen LogP contribution in [0.4, 0.5) is 0 Å². The molecule has 0 aromatic carbocycles. The minimum absolute atomic E-state index is 0. The van der Waals surface area contributed by atoms with Gasteiger partial charge < -0.3 is 21.1 Å². The van der Waals surface area contributed by atoms with E-state index in [-0.39, 0.29) is 29.9 Å². The molecule has 4 N–H and O–H groups in total. The number of carbonyl (C=O) groups is 1. The molecule has 1 saturated carbocycles. The fourth-order valence-corrected chi connectivity index (χ4v) is 3.65. The van der Waals surface area contributed by atoms with Crippen molar-refractivity contribution in [2.45, 2.75) is 64.0 Å². The second kappa shape index (κ2) is 10.1. The number of primary amides is 1. The minimum Gasteiger partial charge on any atom is -0.388 e. The van der Waals surface area contributed by atoms with Crippen LogP contribution in [0.3, 0.4) is 0 Å². The van der Waals surface area contributed by atoms with E-state index in [9.17, 15) is 9.90 Å². The molecule has 2 fully saturated rings. The number of halogens is 1. The van der Waals surface area contributed by atoms with Crippen LogP contribution in [0.5, 0.6) is 0 Å². The van der Waals surface area contributed by atoms with Gasteiger partial charge in [-0.15, -0.1) is 24.0 Å². The van der Waals surface area contributed by atoms with Gasteiger partial charge in [0.15, 0.2) is 5.96 Å². The van der Waals surface area contributed by atoms with Crippen LogP contribution in [-0.2, 0) is 4.79 Å². The first-order valence-electron chi connectivity index (χ1n) is 9.59. The highest BCUT2D eigenvalue weighted by molar-refractivity contribution is 14.0. The zero-order valence-electron chi connectivity index (χ0n) is 16.5. The van der Waals surface area contributed by atoms with E-state index in [4.69, 9.17) is 10.7 Å². The standard InChI is InChI=1S/C18H35N5O2.HI/c1-4-20-16(21-14-18(25)8-6-5-7-9-18)22-10-12-23(13-11-22)17(2,3)15(19)24;/h25H,4-14H2,1-3H3,(H2,19,24)(H,20,21);1H. The molecule has 1 saturated heterocycles. The molecule has 152 valence electrons. The molecule has 8 heteroatoms. The Morgan fingerprint density at radius 2 is 1.77 bits per heavy atom. The van der Waals surface area contributed by atoms with Gasteiger partial charge in [0, 0.05) is 32.7 Å². The molecule has 7 nitrogen and oxygen atoms in total. The van der Waals surface area contributed by atoms with Gasteiger partial charge in [-0.1, -0.05) is 19.3 Å². The highest BCUT2D eigenvalue weighted by atomic mass is 127. The SMILES string of the molecule is CCNC(=NCC1(O)CCCCC1)N1CCN(C(C)(C)C(N)=O)CC1.I. The molecule has 2 rings (SSSR count). The van der Waals surface area contributed by atoms with Crippen molar-refractivity contribution in [3.05, 3.63) is 0 Å². The van der Waals surface area contributed by atoms with Crippen molar-refractivity contribution in [3.8, 4) is 0 Å². The number of carbonyl (C=O) groups excluding carboxylic acids is 1. The van der Waals surface area contributed by atoms with Gasteiger partial charge in [0.05, 0.1) is 17.7 Å². The quantitative estimate of drug-likeness (QED) is 0.311. The van der Waals surface area contributed by atoms with Gasteiger partial charge in [-0.25, -0.2) is 0 Å². The summed E-state index contributed by atoms with van der Waals surface area (Å²) in [6.07, 6.45) is 5.07. The van der Waals surface area contributed by atoms with E-state index < -0.39 is 11.1 Å². The molecule has 1 aliphatic carbocycles. The Kier molecular flexibility index (Phi) is 9.08. The average molecular weight is 481 g/mol. The summed E-state index contributed by atoms with van der Waals surface area (Å²) in [7, 11) is 0. The van der Waals surface area contributed by atoms with Crippen molar-refractivity contribution in [1.82, 2.24) is 15.1 Å². The summed E-state index contributed by atoms with van der Waals surface area (Å²) >= 11 is 0. The van der Waals surface area contributed by atoms with Crippen LogP contribution >= 0.6 is 24.0 Å². The smallest absolute Gasteiger partial charge is 0.237 e. The van der Waals surface area contributed by atoms with E-state index >= 15 is 0 Å². The fourth-order valence-electron chi connectivity index (χ4n) is 3.65. The molecular weight excluding hydrogens is 445 g/mol. The van der Waals surface area contributed by atoms with Gasteiger partial charge >= 0.3 is 0 Å². The highest BCUT2D eigenvalue weighted by Gasteiger charge is 2.35. The number of amides is 1. The molecule has 0 bridgehead atoms. The second-order valence-corrected chi connectivity index (χ2v) is 7.85. The van der Waals surface area contributed by atoms with Crippen molar-refractivity contribution < 1.29 is 9.90 Å². The van der Waals surface area contributed by atoms with Gasteiger partial charge in [0.1, 0.15) is 0 Å². The number of nitrogens with zero attached hydrogens (tertiary/aromatic N) is 3. The number of nitrogens with one attached hydrogen (secondary N) is 1. The lowest BCUT2D eigenvalue weighted by atomic mass is 9.85. The third-order valence-electron chi connectivity index (χ3n) is 5.62. The third kappa shape index (κ3) is 5.95. The molecule has 2 aliphatic rings. The Bertz CT molecular complexity index is 484. The summed E-state index contributed by atoms with van der Waals surface area (Å²) in [6.45, 7) is 10.2. The molecule has 0 aromatic heterocycles. The number of guanidine groups is 1. The predicted octanol–water partition coefficient (Wildman–Crippen LogP) is 1.15. The highest BCUT2D eigenvalue weighted by Crippen LogP contribution is 2.28. The lowest BCUT2D eigenvalue weighted by molar-refractivity contribution is -0.129. The Hall–Kier alpha value is -0.610. The summed E-state index contributed by atoms with van der Waals surface area (Å²) in [5, 5.41) is 14.0. The number of aliphatic imine (C=N–C) groups is 1. The fraction of sp³-hybridized carbons (Fsp3) is 0.889. The molecule has 26 heavy (non-hydrogen) atoms. The molecule has 1 aliphatic heterocycles. The summed E-state index contributed by atoms with van der Waals surface area (Å²) in [5.74, 6) is 0.569. The molecule has 0 atom stereocenters. The maximum atomic E-state index is 11.7. The monoisotopic (exact) mass is 481 g/mol. The molecule has 0 radical (unpaired) electrons. The molecule has 1 amide bonds. The minimum atomic E-state index is -0.644. The van der Waals surface area contributed by atoms with E-state index in [2.05, 4.69) is 22.0 Å². The van der Waals surface area contributed by atoms with Crippen LogP contribution in [0.15, 0.2) is 4.99 Å². The number of aliphatic hydroxyl groups is 1. The first-order chi connectivity index (χ1) is 11.8. The maximum absolute atomic E-state index is 11.7. The van der Waals surface area contributed by atoms with E-state index in [0.29, 0.717) is 6.54 Å². The van der Waals surface area contributed by atoms with Gasteiger partial charge in [0.2, 0.25) is 5.91 Å². The third-order valence-corrected chi connectivity index (χ3v) is 5.62. The van der Waals surface area contributed by atoms with Crippen molar-refractivity contribution in [2.75, 3.05) is 39.3 Å². The normalized spacial score (nSPS) is 21.8. The summed E-state index contributed by atoms with van der Waals surface area (Å²) < 4.78 is 0. The molecule has 0 spiro atoms. The molecule has 0 aromatic rings. The van der Waals surface area contributed by atoms with E-state index in [1.165, 1.54) is 6.42 Å². The average Bonchev–Trinajstić information content (AvgIpc) is 2.59. The maximum Gasteiger partial charge on any atom is 0.237 e. The summed E-state index contributed by atoms with van der Waals surface area (Å²) in [4.78, 5) is 20.7. The summed E-state index contributed by atoms with van der Waals surface area (Å²) in [5.41, 5.74) is 4.26. The van der Waals surface area contributed by atoms with Crippen molar-refractivity contribution in [1.29, 1.82) is 0 Å². The van der Waals surface area contributed by atoms with Crippen LogP contribution in [-0.4, -0.2) is 77.2 Å². The Morgan fingerprint density at radius 3 is 2.27 bits per heavy atom. The lowest BCUT2D eigenvalue weighted by Crippen LogP contribution is -2.61. The van der Waals surface area contributed by atoms with Crippen LogP contribution in [0.2, 0.25) is 0 Å². The number of hydrogen-bond donors (Lipinski definition) is 3. The van der Waals surface area contributed by atoms with Crippen LogP contribution in [0.1, 0.15) is 52.9 Å². The van der Waals surface area contributed by atoms with Gasteiger partial charge in [0.25, 0.3) is 0 Å². The van der Waals surface area contributed by atoms with Crippen molar-refractivity contribution in [2.24, 2.45) is 10.7 Å². The second-order valence-electron chi connectivity index (χ2n) is 7.85. The Morgan fingerprint density at radius 1 is 1.19 bits per heavy atom. The zero-order chi connectivity index (χ0) is 18.5. The van der Waals surface area contributed by atoms with Gasteiger partial charge in [-0.2, -0.15) is 0 Å². The van der Waals surface area contributed by atoms with E-state index in [1.807, 2.05) is 13.8 Å². The van der Waals surface area contributed by atoms with Crippen LogP contribution in [0.25, 0.3) is 0 Å². The predicted molar refractivity (Wildman–Crippen MR) is 116 cm³/mol. The van der Waals surface area contributed by atoms with Crippen LogP contribution < -0.4 is 11.1 Å². The van der Waals surface area contributed by atoms with E-state index in [0.717, 1.165) is 64.4 Å². The lowest BCUT2D eigenvalue weighted by Gasteiger charge is -2.43. The largest absolute Gasteiger partial charge is 0.388 e. The Labute approximate surface area is 174 Å². The molecular formula is C18H36IN5O2. The van der Waals surface area contributed by atoms with Crippen LogP contribution in [0, 0.1) is 0 Å². The number of rotatable bonds is 5. The first-order valence-corrected chi connectivity index (χ1v) is 9.59.